The smallest absolute Gasteiger partial charge is 0.184 e. The molecule has 2 aromatic heterocycles. The van der Waals surface area contributed by atoms with E-state index in [1.165, 1.54) is 25.7 Å². The van der Waals surface area contributed by atoms with Gasteiger partial charge < -0.3 is 14.9 Å². The van der Waals surface area contributed by atoms with Gasteiger partial charge in [-0.1, -0.05) is 12.8 Å². The molecule has 19 heavy (non-hydrogen) atoms. The second-order valence-corrected chi connectivity index (χ2v) is 5.16. The van der Waals surface area contributed by atoms with E-state index in [-0.39, 0.29) is 0 Å². The number of hydrogen-bond donors (Lipinski definition) is 1. The van der Waals surface area contributed by atoms with Gasteiger partial charge in [-0.05, 0) is 19.8 Å². The van der Waals surface area contributed by atoms with Crippen LogP contribution in [0.4, 0.5) is 0 Å². The number of rotatable bonds is 4. The number of nitrogens with two attached hydrogens (primary N) is 1. The van der Waals surface area contributed by atoms with E-state index in [1.807, 2.05) is 24.0 Å². The molecule has 0 bridgehead atoms. The van der Waals surface area contributed by atoms with E-state index in [4.69, 9.17) is 5.73 Å². The Kier molecular flexibility index (Phi) is 3.33. The van der Waals surface area contributed by atoms with Crippen molar-refractivity contribution in [2.45, 2.75) is 45.2 Å². The molecule has 0 spiro atoms. The maximum Gasteiger partial charge on any atom is 0.184 e. The Morgan fingerprint density at radius 1 is 1.32 bits per heavy atom. The Balaban J connectivity index is 1.95. The highest BCUT2D eigenvalue weighted by molar-refractivity contribution is 5.48. The van der Waals surface area contributed by atoms with Crippen LogP contribution in [0.5, 0.6) is 0 Å². The van der Waals surface area contributed by atoms with Crippen molar-refractivity contribution in [2.75, 3.05) is 6.54 Å². The molecule has 0 amide bonds. The first-order valence-corrected chi connectivity index (χ1v) is 6.93. The minimum atomic E-state index is 0.532. The van der Waals surface area contributed by atoms with Crippen molar-refractivity contribution in [1.82, 2.24) is 24.3 Å². The molecular weight excluding hydrogens is 240 g/mol. The standard InChI is InChI=1S/C13H20N6/c1-10-16-17-13(19(10)11-4-2-3-5-11)12-8-18(7-6-14)9-15-12/h8-9,11H,2-7,14H2,1H3. The van der Waals surface area contributed by atoms with Crippen molar-refractivity contribution in [3.05, 3.63) is 18.3 Å². The third-order valence-electron chi connectivity index (χ3n) is 3.81. The normalized spacial score (nSPS) is 16.3. The van der Waals surface area contributed by atoms with E-state index in [0.29, 0.717) is 12.6 Å². The predicted molar refractivity (Wildman–Crippen MR) is 72.5 cm³/mol. The van der Waals surface area contributed by atoms with E-state index in [0.717, 1.165) is 23.9 Å². The van der Waals surface area contributed by atoms with E-state index < -0.39 is 0 Å². The van der Waals surface area contributed by atoms with Gasteiger partial charge in [0.2, 0.25) is 0 Å². The van der Waals surface area contributed by atoms with Gasteiger partial charge in [-0.3, -0.25) is 0 Å². The molecule has 102 valence electrons. The Labute approximate surface area is 112 Å². The highest BCUT2D eigenvalue weighted by Crippen LogP contribution is 2.33. The summed E-state index contributed by atoms with van der Waals surface area (Å²) in [5, 5.41) is 8.54. The van der Waals surface area contributed by atoms with Crippen LogP contribution in [-0.4, -0.2) is 30.9 Å². The summed E-state index contributed by atoms with van der Waals surface area (Å²) in [7, 11) is 0. The first-order chi connectivity index (χ1) is 9.29. The van der Waals surface area contributed by atoms with Gasteiger partial charge in [0.25, 0.3) is 0 Å². The second-order valence-electron chi connectivity index (χ2n) is 5.16. The van der Waals surface area contributed by atoms with Crippen molar-refractivity contribution < 1.29 is 0 Å². The van der Waals surface area contributed by atoms with Crippen LogP contribution >= 0.6 is 0 Å². The van der Waals surface area contributed by atoms with Crippen LogP contribution in [0.1, 0.15) is 37.5 Å². The third kappa shape index (κ3) is 2.28. The SMILES string of the molecule is Cc1nnc(-c2cn(CCN)cn2)n1C1CCCC1. The third-order valence-corrected chi connectivity index (χ3v) is 3.81. The molecule has 1 saturated carbocycles. The lowest BCUT2D eigenvalue weighted by molar-refractivity contribution is 0.510. The largest absolute Gasteiger partial charge is 0.335 e. The van der Waals surface area contributed by atoms with Crippen LogP contribution < -0.4 is 5.73 Å². The van der Waals surface area contributed by atoms with Crippen LogP contribution in [0.3, 0.4) is 0 Å². The summed E-state index contributed by atoms with van der Waals surface area (Å²) in [6, 6.07) is 0.532. The molecule has 0 aliphatic heterocycles. The molecule has 0 saturated heterocycles. The number of nitrogens with zero attached hydrogens (tertiary/aromatic N) is 5. The van der Waals surface area contributed by atoms with Gasteiger partial charge in [0.1, 0.15) is 11.5 Å². The molecule has 1 fully saturated rings. The Morgan fingerprint density at radius 2 is 2.11 bits per heavy atom. The molecule has 0 unspecified atom stereocenters. The fourth-order valence-corrected chi connectivity index (χ4v) is 2.89. The molecule has 1 aliphatic carbocycles. The molecular formula is C13H20N6. The molecule has 0 radical (unpaired) electrons. The van der Waals surface area contributed by atoms with Crippen LogP contribution in [-0.2, 0) is 6.54 Å². The summed E-state index contributed by atoms with van der Waals surface area (Å²) in [6.45, 7) is 3.42. The molecule has 2 aromatic rings. The van der Waals surface area contributed by atoms with E-state index >= 15 is 0 Å². The summed E-state index contributed by atoms with van der Waals surface area (Å²) < 4.78 is 4.25. The van der Waals surface area contributed by atoms with Gasteiger partial charge in [-0.25, -0.2) is 4.98 Å². The zero-order valence-electron chi connectivity index (χ0n) is 11.3. The fourth-order valence-electron chi connectivity index (χ4n) is 2.89. The van der Waals surface area contributed by atoms with Crippen molar-refractivity contribution in [3.63, 3.8) is 0 Å². The molecule has 1 aliphatic rings. The highest BCUT2D eigenvalue weighted by atomic mass is 15.3. The number of aryl methyl sites for hydroxylation is 1. The predicted octanol–water partition coefficient (Wildman–Crippen LogP) is 1.52. The first-order valence-electron chi connectivity index (χ1n) is 6.93. The number of aromatic nitrogens is 5. The molecule has 0 atom stereocenters. The van der Waals surface area contributed by atoms with Crippen LogP contribution in [0.15, 0.2) is 12.5 Å². The van der Waals surface area contributed by atoms with Crippen LogP contribution in [0.25, 0.3) is 11.5 Å². The van der Waals surface area contributed by atoms with Gasteiger partial charge in [0.05, 0.1) is 6.33 Å². The molecule has 2 N–H and O–H groups in total. The van der Waals surface area contributed by atoms with Gasteiger partial charge in [0, 0.05) is 25.3 Å². The molecule has 3 rings (SSSR count). The Hall–Kier alpha value is -1.69. The fraction of sp³-hybridized carbons (Fsp3) is 0.615. The Bertz CT molecular complexity index is 549. The van der Waals surface area contributed by atoms with E-state index in [1.54, 1.807) is 0 Å². The minimum Gasteiger partial charge on any atom is -0.335 e. The lowest BCUT2D eigenvalue weighted by Gasteiger charge is -2.14. The minimum absolute atomic E-state index is 0.532. The van der Waals surface area contributed by atoms with Crippen molar-refractivity contribution in [2.24, 2.45) is 5.73 Å². The highest BCUT2D eigenvalue weighted by Gasteiger charge is 2.23. The summed E-state index contributed by atoms with van der Waals surface area (Å²) in [6.07, 6.45) is 8.84. The zero-order valence-corrected chi connectivity index (χ0v) is 11.3. The van der Waals surface area contributed by atoms with Gasteiger partial charge in [0.15, 0.2) is 5.82 Å². The molecule has 2 heterocycles. The number of imidazole rings is 1. The molecule has 6 heteroatoms. The topological polar surface area (TPSA) is 74.6 Å². The van der Waals surface area contributed by atoms with Crippen molar-refractivity contribution in [1.29, 1.82) is 0 Å². The maximum atomic E-state index is 5.56. The lowest BCUT2D eigenvalue weighted by atomic mass is 10.2. The van der Waals surface area contributed by atoms with Crippen LogP contribution in [0, 0.1) is 6.92 Å². The summed E-state index contributed by atoms with van der Waals surface area (Å²) >= 11 is 0. The lowest BCUT2D eigenvalue weighted by Crippen LogP contribution is -2.09. The maximum absolute atomic E-state index is 5.56. The average molecular weight is 260 g/mol. The quantitative estimate of drug-likeness (QED) is 0.904. The van der Waals surface area contributed by atoms with Gasteiger partial charge in [-0.2, -0.15) is 0 Å². The zero-order chi connectivity index (χ0) is 13.2. The van der Waals surface area contributed by atoms with E-state index in [2.05, 4.69) is 19.7 Å². The van der Waals surface area contributed by atoms with Gasteiger partial charge >= 0.3 is 0 Å². The average Bonchev–Trinajstić information content (AvgIpc) is 3.08. The summed E-state index contributed by atoms with van der Waals surface area (Å²) in [5.41, 5.74) is 6.45. The summed E-state index contributed by atoms with van der Waals surface area (Å²) in [4.78, 5) is 4.43. The second kappa shape index (κ2) is 5.13. The van der Waals surface area contributed by atoms with Crippen molar-refractivity contribution >= 4 is 0 Å². The van der Waals surface area contributed by atoms with Gasteiger partial charge in [-0.15, -0.1) is 10.2 Å². The molecule has 0 aromatic carbocycles. The monoisotopic (exact) mass is 260 g/mol. The van der Waals surface area contributed by atoms with Crippen LogP contribution in [0.2, 0.25) is 0 Å². The first kappa shape index (κ1) is 12.3. The summed E-state index contributed by atoms with van der Waals surface area (Å²) in [5.74, 6) is 1.87. The number of hydrogen-bond acceptors (Lipinski definition) is 4. The van der Waals surface area contributed by atoms with Crippen molar-refractivity contribution in [3.8, 4) is 11.5 Å². The molecule has 6 nitrogen and oxygen atoms in total. The Morgan fingerprint density at radius 3 is 2.84 bits per heavy atom. The van der Waals surface area contributed by atoms with E-state index in [9.17, 15) is 0 Å².